The van der Waals surface area contributed by atoms with Gasteiger partial charge in [0, 0.05) is 17.3 Å². The fourth-order valence-electron chi connectivity index (χ4n) is 1.30. The van der Waals surface area contributed by atoms with Crippen LogP contribution in [0, 0.1) is 13.8 Å². The maximum atomic E-state index is 11.6. The van der Waals surface area contributed by atoms with Crippen LogP contribution in [0.3, 0.4) is 0 Å². The molecule has 1 atom stereocenters. The molecule has 0 saturated heterocycles. The molecule has 0 aliphatic heterocycles. The Morgan fingerprint density at radius 1 is 1.44 bits per heavy atom. The van der Waals surface area contributed by atoms with Gasteiger partial charge in [-0.3, -0.25) is 10.1 Å². The number of thiazole rings is 1. The number of hydrogen-bond donors (Lipinski definition) is 3. The summed E-state index contributed by atoms with van der Waals surface area (Å²) in [6.45, 7) is 5.58. The third-order valence-electron chi connectivity index (χ3n) is 2.42. The van der Waals surface area contributed by atoms with Crippen LogP contribution in [0.4, 0.5) is 9.93 Å². The molecule has 0 aliphatic carbocycles. The zero-order valence-corrected chi connectivity index (χ0v) is 11.4. The van der Waals surface area contributed by atoms with Gasteiger partial charge in [-0.15, -0.1) is 11.3 Å². The Bertz CT molecular complexity index is 425. The van der Waals surface area contributed by atoms with Gasteiger partial charge in [-0.05, 0) is 27.2 Å². The number of amides is 2. The fraction of sp³-hybridized carbons (Fsp3) is 0.545. The molecule has 0 spiro atoms. The number of nitrogens with zero attached hydrogens (tertiary/aromatic N) is 1. The zero-order valence-electron chi connectivity index (χ0n) is 10.6. The monoisotopic (exact) mass is 271 g/mol. The highest BCUT2D eigenvalue weighted by atomic mass is 32.1. The molecule has 0 bridgehead atoms. The van der Waals surface area contributed by atoms with Crippen LogP contribution in [0.25, 0.3) is 0 Å². The molecule has 1 aromatic heterocycles. The molecule has 1 heterocycles. The molecule has 0 aromatic carbocycles. The van der Waals surface area contributed by atoms with Gasteiger partial charge in [0.1, 0.15) is 0 Å². The summed E-state index contributed by atoms with van der Waals surface area (Å²) in [6.07, 6.45) is 0.440. The number of rotatable bonds is 5. The van der Waals surface area contributed by atoms with E-state index in [0.717, 1.165) is 10.6 Å². The first-order valence-corrected chi connectivity index (χ1v) is 6.43. The predicted octanol–water partition coefficient (Wildman–Crippen LogP) is 2.13. The molecule has 6 nitrogen and oxygen atoms in total. The number of aromatic nitrogens is 1. The Morgan fingerprint density at radius 2 is 2.11 bits per heavy atom. The summed E-state index contributed by atoms with van der Waals surface area (Å²) >= 11 is 1.41. The van der Waals surface area contributed by atoms with Crippen molar-refractivity contribution < 1.29 is 14.7 Å². The third-order valence-corrected chi connectivity index (χ3v) is 3.41. The Kier molecular flexibility index (Phi) is 5.08. The van der Waals surface area contributed by atoms with Gasteiger partial charge in [0.25, 0.3) is 0 Å². The highest BCUT2D eigenvalue weighted by Crippen LogP contribution is 2.20. The Labute approximate surface area is 109 Å². The Morgan fingerprint density at radius 3 is 2.61 bits per heavy atom. The van der Waals surface area contributed by atoms with Crippen LogP contribution in [0.1, 0.15) is 30.3 Å². The largest absolute Gasteiger partial charge is 0.481 e. The van der Waals surface area contributed by atoms with Crippen LogP contribution in [0.5, 0.6) is 0 Å². The molecule has 0 aliphatic rings. The standard InChI is InChI=1S/C11H17N3O3S/c1-6(4-5-9(15)16)12-10(17)14-11-13-7(2)8(3)18-11/h6H,4-5H2,1-3H3,(H,15,16)(H2,12,13,14,17). The maximum Gasteiger partial charge on any atom is 0.321 e. The molecule has 7 heteroatoms. The molecular weight excluding hydrogens is 254 g/mol. The van der Waals surface area contributed by atoms with E-state index in [2.05, 4.69) is 15.6 Å². The summed E-state index contributed by atoms with van der Waals surface area (Å²) in [7, 11) is 0. The summed E-state index contributed by atoms with van der Waals surface area (Å²) < 4.78 is 0. The molecule has 0 saturated carbocycles. The van der Waals surface area contributed by atoms with Crippen molar-refractivity contribution in [2.24, 2.45) is 0 Å². The highest BCUT2D eigenvalue weighted by molar-refractivity contribution is 7.15. The van der Waals surface area contributed by atoms with Crippen LogP contribution in [0.2, 0.25) is 0 Å². The second-order valence-electron chi connectivity index (χ2n) is 4.09. The van der Waals surface area contributed by atoms with E-state index < -0.39 is 5.97 Å². The maximum absolute atomic E-state index is 11.6. The number of carboxylic acid groups (broad SMARTS) is 1. The van der Waals surface area contributed by atoms with E-state index in [0.29, 0.717) is 11.6 Å². The quantitative estimate of drug-likeness (QED) is 0.765. The summed E-state index contributed by atoms with van der Waals surface area (Å²) in [5, 5.41) is 14.4. The minimum atomic E-state index is -0.866. The molecule has 1 aromatic rings. The normalized spacial score (nSPS) is 11.9. The number of anilines is 1. The summed E-state index contributed by atoms with van der Waals surface area (Å²) in [4.78, 5) is 27.2. The van der Waals surface area contributed by atoms with Crippen molar-refractivity contribution in [1.29, 1.82) is 0 Å². The fourth-order valence-corrected chi connectivity index (χ4v) is 2.11. The van der Waals surface area contributed by atoms with Gasteiger partial charge < -0.3 is 10.4 Å². The Balaban J connectivity index is 2.39. The molecule has 100 valence electrons. The molecule has 1 unspecified atom stereocenters. The second-order valence-corrected chi connectivity index (χ2v) is 5.30. The highest BCUT2D eigenvalue weighted by Gasteiger charge is 2.11. The van der Waals surface area contributed by atoms with Crippen LogP contribution in [-0.4, -0.2) is 28.1 Å². The zero-order chi connectivity index (χ0) is 13.7. The number of carboxylic acids is 1. The number of aliphatic carboxylic acids is 1. The van der Waals surface area contributed by atoms with Crippen molar-refractivity contribution >= 4 is 28.5 Å². The van der Waals surface area contributed by atoms with Crippen molar-refractivity contribution in [2.45, 2.75) is 39.7 Å². The van der Waals surface area contributed by atoms with Gasteiger partial charge in [-0.25, -0.2) is 9.78 Å². The van der Waals surface area contributed by atoms with E-state index in [1.54, 1.807) is 6.92 Å². The number of urea groups is 1. The van der Waals surface area contributed by atoms with E-state index in [1.165, 1.54) is 11.3 Å². The number of aryl methyl sites for hydroxylation is 2. The minimum absolute atomic E-state index is 0.0386. The number of hydrogen-bond acceptors (Lipinski definition) is 4. The molecule has 18 heavy (non-hydrogen) atoms. The van der Waals surface area contributed by atoms with Gasteiger partial charge >= 0.3 is 12.0 Å². The molecular formula is C11H17N3O3S. The molecule has 0 fully saturated rings. The van der Waals surface area contributed by atoms with Crippen molar-refractivity contribution in [3.63, 3.8) is 0 Å². The summed E-state index contributed by atoms with van der Waals surface area (Å²) in [5.41, 5.74) is 0.897. The number of carbonyl (C=O) groups excluding carboxylic acids is 1. The average Bonchev–Trinajstić information content (AvgIpc) is 2.54. The minimum Gasteiger partial charge on any atom is -0.481 e. The predicted molar refractivity (Wildman–Crippen MR) is 70.1 cm³/mol. The van der Waals surface area contributed by atoms with Gasteiger partial charge in [0.2, 0.25) is 0 Å². The van der Waals surface area contributed by atoms with Crippen molar-refractivity contribution in [3.05, 3.63) is 10.6 Å². The summed E-state index contributed by atoms with van der Waals surface area (Å²) in [6, 6.07) is -0.551. The van der Waals surface area contributed by atoms with Crippen molar-refractivity contribution in [3.8, 4) is 0 Å². The van der Waals surface area contributed by atoms with E-state index in [4.69, 9.17) is 5.11 Å². The van der Waals surface area contributed by atoms with Crippen LogP contribution in [0.15, 0.2) is 0 Å². The third kappa shape index (κ3) is 4.70. The average molecular weight is 271 g/mol. The van der Waals surface area contributed by atoms with Gasteiger partial charge in [0.05, 0.1) is 5.69 Å². The Hall–Kier alpha value is -1.63. The van der Waals surface area contributed by atoms with Crippen LogP contribution < -0.4 is 10.6 Å². The first kappa shape index (κ1) is 14.4. The topological polar surface area (TPSA) is 91.3 Å². The lowest BCUT2D eigenvalue weighted by Gasteiger charge is -2.12. The van der Waals surface area contributed by atoms with Gasteiger partial charge in [-0.2, -0.15) is 0 Å². The van der Waals surface area contributed by atoms with Crippen molar-refractivity contribution in [2.75, 3.05) is 5.32 Å². The molecule has 0 radical (unpaired) electrons. The first-order chi connectivity index (χ1) is 8.38. The molecule has 3 N–H and O–H groups in total. The summed E-state index contributed by atoms with van der Waals surface area (Å²) in [5.74, 6) is -0.866. The molecule has 1 rings (SSSR count). The lowest BCUT2D eigenvalue weighted by molar-refractivity contribution is -0.137. The van der Waals surface area contributed by atoms with E-state index in [9.17, 15) is 9.59 Å². The van der Waals surface area contributed by atoms with Crippen LogP contribution in [-0.2, 0) is 4.79 Å². The van der Waals surface area contributed by atoms with E-state index in [-0.39, 0.29) is 18.5 Å². The molecule has 2 amide bonds. The second kappa shape index (κ2) is 6.34. The number of carbonyl (C=O) groups is 2. The van der Waals surface area contributed by atoms with Gasteiger partial charge in [-0.1, -0.05) is 0 Å². The lowest BCUT2D eigenvalue weighted by Crippen LogP contribution is -2.36. The lowest BCUT2D eigenvalue weighted by atomic mass is 10.2. The number of nitrogens with one attached hydrogen (secondary N) is 2. The SMILES string of the molecule is Cc1nc(NC(=O)NC(C)CCC(=O)O)sc1C. The van der Waals surface area contributed by atoms with Crippen molar-refractivity contribution in [1.82, 2.24) is 10.3 Å². The van der Waals surface area contributed by atoms with Crippen LogP contribution >= 0.6 is 11.3 Å². The first-order valence-electron chi connectivity index (χ1n) is 5.62. The van der Waals surface area contributed by atoms with E-state index >= 15 is 0 Å². The van der Waals surface area contributed by atoms with Gasteiger partial charge in [0.15, 0.2) is 5.13 Å². The van der Waals surface area contributed by atoms with E-state index in [1.807, 2.05) is 13.8 Å². The smallest absolute Gasteiger partial charge is 0.321 e.